The van der Waals surface area contributed by atoms with Gasteiger partial charge in [0.05, 0.1) is 5.69 Å². The summed E-state index contributed by atoms with van der Waals surface area (Å²) in [5, 5.41) is 10.9. The fourth-order valence-corrected chi connectivity index (χ4v) is 2.56. The molecule has 21 heavy (non-hydrogen) atoms. The molecule has 0 aliphatic carbocycles. The number of anilines is 1. The van der Waals surface area contributed by atoms with Crippen molar-refractivity contribution in [2.45, 2.75) is 26.3 Å². The van der Waals surface area contributed by atoms with Crippen molar-refractivity contribution < 1.29 is 4.79 Å². The molecule has 0 saturated heterocycles. The number of benzene rings is 1. The monoisotopic (exact) mass is 399 g/mol. The second kappa shape index (κ2) is 7.51. The van der Waals surface area contributed by atoms with Gasteiger partial charge in [-0.2, -0.15) is 0 Å². The molecule has 2 rings (SSSR count). The Hall–Kier alpha value is -1.48. The van der Waals surface area contributed by atoms with Crippen molar-refractivity contribution in [2.75, 3.05) is 11.9 Å². The van der Waals surface area contributed by atoms with E-state index in [2.05, 4.69) is 38.2 Å². The summed E-state index contributed by atoms with van der Waals surface area (Å²) in [4.78, 5) is 12.0. The van der Waals surface area contributed by atoms with E-state index in [0.717, 1.165) is 33.4 Å². The van der Waals surface area contributed by atoms with Crippen LogP contribution in [0.3, 0.4) is 0 Å². The highest BCUT2D eigenvalue weighted by atomic mass is 127. The predicted molar refractivity (Wildman–Crippen MR) is 89.9 cm³/mol. The molecule has 1 heterocycles. The zero-order valence-corrected chi connectivity index (χ0v) is 14.0. The Morgan fingerprint density at radius 3 is 3.00 bits per heavy atom. The van der Waals surface area contributed by atoms with E-state index in [9.17, 15) is 4.79 Å². The lowest BCUT2D eigenvalue weighted by molar-refractivity contribution is -0.116. The molecule has 2 aromatic rings. The fourth-order valence-electron chi connectivity index (χ4n) is 1.92. The van der Waals surface area contributed by atoms with E-state index >= 15 is 0 Å². The van der Waals surface area contributed by atoms with Gasteiger partial charge in [0.25, 0.3) is 0 Å². The number of nitrogens with two attached hydrogens (primary N) is 1. The summed E-state index contributed by atoms with van der Waals surface area (Å²) in [6.07, 6.45) is 3.44. The van der Waals surface area contributed by atoms with Crippen LogP contribution in [0.25, 0.3) is 0 Å². The van der Waals surface area contributed by atoms with Gasteiger partial charge in [0.2, 0.25) is 5.91 Å². The van der Waals surface area contributed by atoms with Gasteiger partial charge in [0.1, 0.15) is 6.54 Å². The van der Waals surface area contributed by atoms with Crippen LogP contribution in [-0.2, 0) is 17.8 Å². The molecule has 0 aliphatic rings. The molecule has 0 radical (unpaired) electrons. The Morgan fingerprint density at radius 2 is 2.29 bits per heavy atom. The molecule has 112 valence electrons. The summed E-state index contributed by atoms with van der Waals surface area (Å²) < 4.78 is 2.69. The largest absolute Gasteiger partial charge is 0.330 e. The van der Waals surface area contributed by atoms with E-state index in [1.807, 2.05) is 25.1 Å². The van der Waals surface area contributed by atoms with Crippen molar-refractivity contribution in [1.82, 2.24) is 15.0 Å². The number of carbonyl (C=O) groups is 1. The number of rotatable bonds is 6. The molecule has 0 atom stereocenters. The van der Waals surface area contributed by atoms with E-state index in [1.165, 1.54) is 0 Å². The average molecular weight is 399 g/mol. The summed E-state index contributed by atoms with van der Waals surface area (Å²) in [6.45, 7) is 2.75. The summed E-state index contributed by atoms with van der Waals surface area (Å²) in [5.74, 6) is -0.116. The third-order valence-corrected chi connectivity index (χ3v) is 3.66. The minimum absolute atomic E-state index is 0.116. The van der Waals surface area contributed by atoms with Gasteiger partial charge in [-0.05, 0) is 72.7 Å². The molecule has 0 fully saturated rings. The average Bonchev–Trinajstić information content (AvgIpc) is 2.87. The fraction of sp³-hybridized carbons (Fsp3) is 0.357. The maximum atomic E-state index is 12.0. The maximum Gasteiger partial charge on any atom is 0.246 e. The maximum absolute atomic E-state index is 12.0. The van der Waals surface area contributed by atoms with Crippen molar-refractivity contribution in [3.8, 4) is 0 Å². The summed E-state index contributed by atoms with van der Waals surface area (Å²) in [6, 6.07) is 5.89. The predicted octanol–water partition coefficient (Wildman–Crippen LogP) is 1.72. The SMILES string of the molecule is Cc1cc(I)ccc1NC(=O)Cn1cc(CCCN)nn1. The second-order valence-corrected chi connectivity index (χ2v) is 6.05. The molecule has 1 aromatic heterocycles. The highest BCUT2D eigenvalue weighted by Gasteiger charge is 2.08. The molecular formula is C14H18IN5O. The van der Waals surface area contributed by atoms with E-state index in [-0.39, 0.29) is 12.5 Å². The van der Waals surface area contributed by atoms with Crippen LogP contribution < -0.4 is 11.1 Å². The first-order valence-corrected chi connectivity index (χ1v) is 7.81. The van der Waals surface area contributed by atoms with Crippen LogP contribution in [0.5, 0.6) is 0 Å². The zero-order chi connectivity index (χ0) is 15.2. The molecule has 1 amide bonds. The van der Waals surface area contributed by atoms with Gasteiger partial charge in [-0.1, -0.05) is 5.21 Å². The van der Waals surface area contributed by atoms with Gasteiger partial charge >= 0.3 is 0 Å². The van der Waals surface area contributed by atoms with Gasteiger partial charge in [0.15, 0.2) is 0 Å². The minimum atomic E-state index is -0.116. The Bertz CT molecular complexity index is 626. The van der Waals surface area contributed by atoms with Crippen LogP contribution in [0.4, 0.5) is 5.69 Å². The van der Waals surface area contributed by atoms with Crippen LogP contribution in [0.15, 0.2) is 24.4 Å². The van der Waals surface area contributed by atoms with Crippen molar-refractivity contribution in [3.63, 3.8) is 0 Å². The molecule has 6 nitrogen and oxygen atoms in total. The van der Waals surface area contributed by atoms with E-state index in [0.29, 0.717) is 6.54 Å². The summed E-state index contributed by atoms with van der Waals surface area (Å²) in [5.41, 5.74) is 8.18. The first-order chi connectivity index (χ1) is 10.1. The molecule has 0 spiro atoms. The highest BCUT2D eigenvalue weighted by Crippen LogP contribution is 2.17. The number of aryl methyl sites for hydroxylation is 2. The molecule has 7 heteroatoms. The summed E-state index contributed by atoms with van der Waals surface area (Å²) >= 11 is 2.24. The zero-order valence-electron chi connectivity index (χ0n) is 11.8. The van der Waals surface area contributed by atoms with Gasteiger partial charge in [0, 0.05) is 15.5 Å². The van der Waals surface area contributed by atoms with Crippen LogP contribution in [0.2, 0.25) is 0 Å². The Balaban J connectivity index is 1.93. The smallest absolute Gasteiger partial charge is 0.246 e. The van der Waals surface area contributed by atoms with E-state index in [4.69, 9.17) is 5.73 Å². The Labute approximate surface area is 137 Å². The lowest BCUT2D eigenvalue weighted by Crippen LogP contribution is -2.19. The molecule has 0 bridgehead atoms. The van der Waals surface area contributed by atoms with Crippen molar-refractivity contribution >= 4 is 34.2 Å². The second-order valence-electron chi connectivity index (χ2n) is 4.81. The standard InChI is InChI=1S/C14H18IN5O/c1-10-7-11(15)4-5-13(10)17-14(21)9-20-8-12(18-19-20)3-2-6-16/h4-5,7-8H,2-3,6,9,16H2,1H3,(H,17,21). The number of carbonyl (C=O) groups excluding carboxylic acids is 1. The summed E-state index contributed by atoms with van der Waals surface area (Å²) in [7, 11) is 0. The highest BCUT2D eigenvalue weighted by molar-refractivity contribution is 14.1. The molecule has 3 N–H and O–H groups in total. The van der Waals surface area contributed by atoms with E-state index in [1.54, 1.807) is 10.9 Å². The number of aromatic nitrogens is 3. The van der Waals surface area contributed by atoms with Crippen molar-refractivity contribution in [1.29, 1.82) is 0 Å². The van der Waals surface area contributed by atoms with Crippen molar-refractivity contribution in [3.05, 3.63) is 39.2 Å². The molecule has 0 saturated carbocycles. The first-order valence-electron chi connectivity index (χ1n) is 6.73. The number of amides is 1. The lowest BCUT2D eigenvalue weighted by atomic mass is 10.2. The topological polar surface area (TPSA) is 85.8 Å². The van der Waals surface area contributed by atoms with Crippen LogP contribution >= 0.6 is 22.6 Å². The molecular weight excluding hydrogens is 381 g/mol. The molecule has 0 aliphatic heterocycles. The number of nitrogens with zero attached hydrogens (tertiary/aromatic N) is 3. The number of nitrogens with one attached hydrogen (secondary N) is 1. The van der Waals surface area contributed by atoms with Crippen LogP contribution in [0.1, 0.15) is 17.7 Å². The Morgan fingerprint density at radius 1 is 1.48 bits per heavy atom. The minimum Gasteiger partial charge on any atom is -0.330 e. The first kappa shape index (κ1) is 15.9. The third kappa shape index (κ3) is 4.78. The quantitative estimate of drug-likeness (QED) is 0.725. The van der Waals surface area contributed by atoms with Gasteiger partial charge in [-0.25, -0.2) is 4.68 Å². The Kier molecular flexibility index (Phi) is 5.68. The van der Waals surface area contributed by atoms with E-state index < -0.39 is 0 Å². The number of hydrogen-bond donors (Lipinski definition) is 2. The molecule has 0 unspecified atom stereocenters. The third-order valence-electron chi connectivity index (χ3n) is 2.99. The lowest BCUT2D eigenvalue weighted by Gasteiger charge is -2.08. The normalized spacial score (nSPS) is 10.6. The van der Waals surface area contributed by atoms with Gasteiger partial charge in [-0.3, -0.25) is 4.79 Å². The van der Waals surface area contributed by atoms with Crippen LogP contribution in [0, 0.1) is 10.5 Å². The van der Waals surface area contributed by atoms with Crippen molar-refractivity contribution in [2.24, 2.45) is 5.73 Å². The van der Waals surface area contributed by atoms with Crippen LogP contribution in [-0.4, -0.2) is 27.4 Å². The number of hydrogen-bond acceptors (Lipinski definition) is 4. The molecule has 1 aromatic carbocycles. The number of halogens is 1. The van der Waals surface area contributed by atoms with Gasteiger partial charge < -0.3 is 11.1 Å². The van der Waals surface area contributed by atoms with Gasteiger partial charge in [-0.15, -0.1) is 5.10 Å².